The molecule has 1 amide bonds. The standard InChI is InChI=1S/C21H23N3OS/c1-3-14-26-21-22-15(2)18(19(24-21)16-10-6-4-7-11-16)20(25)23-17-12-8-5-9-13-17/h4-13,19H,3,14H2,1-2H3,(H,22,24)(H,23,25)/t19-/m0/s1. The molecule has 0 radical (unpaired) electrons. The lowest BCUT2D eigenvalue weighted by molar-refractivity contribution is -0.113. The van der Waals surface area contributed by atoms with E-state index in [0.717, 1.165) is 34.3 Å². The van der Waals surface area contributed by atoms with Crippen molar-refractivity contribution in [2.24, 2.45) is 4.99 Å². The first-order chi connectivity index (χ1) is 12.7. The van der Waals surface area contributed by atoms with E-state index < -0.39 is 0 Å². The number of aliphatic imine (C=N–C) groups is 1. The normalized spacial score (nSPS) is 16.7. The van der Waals surface area contributed by atoms with E-state index in [1.807, 2.05) is 67.6 Å². The van der Waals surface area contributed by atoms with Gasteiger partial charge in [-0.1, -0.05) is 67.2 Å². The van der Waals surface area contributed by atoms with Gasteiger partial charge in [-0.25, -0.2) is 4.99 Å². The Morgan fingerprint density at radius 3 is 2.42 bits per heavy atom. The third-order valence-corrected chi connectivity index (χ3v) is 5.15. The van der Waals surface area contributed by atoms with Crippen LogP contribution in [0.2, 0.25) is 0 Å². The lowest BCUT2D eigenvalue weighted by atomic mass is 9.96. The summed E-state index contributed by atoms with van der Waals surface area (Å²) < 4.78 is 0. The second-order valence-corrected chi connectivity index (χ2v) is 7.16. The van der Waals surface area contributed by atoms with Gasteiger partial charge >= 0.3 is 0 Å². The van der Waals surface area contributed by atoms with E-state index >= 15 is 0 Å². The van der Waals surface area contributed by atoms with E-state index in [9.17, 15) is 4.79 Å². The van der Waals surface area contributed by atoms with Crippen molar-refractivity contribution in [1.29, 1.82) is 0 Å². The van der Waals surface area contributed by atoms with Gasteiger partial charge in [0.05, 0.1) is 5.57 Å². The summed E-state index contributed by atoms with van der Waals surface area (Å²) >= 11 is 1.69. The molecular formula is C21H23N3OS. The Balaban J connectivity index is 1.91. The van der Waals surface area contributed by atoms with Gasteiger partial charge in [-0.05, 0) is 31.0 Å². The lowest BCUT2D eigenvalue weighted by Gasteiger charge is -2.26. The minimum atomic E-state index is -0.305. The van der Waals surface area contributed by atoms with Gasteiger partial charge in [0.15, 0.2) is 5.17 Å². The Hall–Kier alpha value is -2.53. The van der Waals surface area contributed by atoms with Gasteiger partial charge in [0, 0.05) is 17.1 Å². The number of allylic oxidation sites excluding steroid dienone is 1. The second kappa shape index (κ2) is 8.72. The van der Waals surface area contributed by atoms with Crippen LogP contribution in [-0.2, 0) is 4.79 Å². The number of carbonyl (C=O) groups excluding carboxylic acids is 1. The van der Waals surface area contributed by atoms with Gasteiger partial charge in [-0.3, -0.25) is 4.79 Å². The predicted octanol–water partition coefficient (Wildman–Crippen LogP) is 4.74. The van der Waals surface area contributed by atoms with E-state index in [1.54, 1.807) is 11.8 Å². The van der Waals surface area contributed by atoms with E-state index in [0.29, 0.717) is 5.57 Å². The molecule has 3 rings (SSSR count). The summed E-state index contributed by atoms with van der Waals surface area (Å²) in [6, 6.07) is 19.2. The molecule has 0 bridgehead atoms. The SMILES string of the molecule is CCCSC1=N[C@@H](c2ccccc2)C(C(=O)Nc2ccccc2)=C(C)N1. The van der Waals surface area contributed by atoms with Crippen LogP contribution in [0.5, 0.6) is 0 Å². The number of anilines is 1. The van der Waals surface area contributed by atoms with Gasteiger partial charge in [-0.2, -0.15) is 0 Å². The number of amides is 1. The monoisotopic (exact) mass is 365 g/mol. The Labute approximate surface area is 158 Å². The van der Waals surface area contributed by atoms with Gasteiger partial charge in [0.25, 0.3) is 5.91 Å². The highest BCUT2D eigenvalue weighted by molar-refractivity contribution is 8.13. The number of rotatable bonds is 5. The third-order valence-electron chi connectivity index (χ3n) is 4.05. The highest BCUT2D eigenvalue weighted by atomic mass is 32.2. The number of hydrogen-bond acceptors (Lipinski definition) is 4. The van der Waals surface area contributed by atoms with Crippen molar-refractivity contribution < 1.29 is 4.79 Å². The number of amidine groups is 1. The molecule has 0 aromatic heterocycles. The molecule has 1 heterocycles. The van der Waals surface area contributed by atoms with Crippen LogP contribution in [-0.4, -0.2) is 16.8 Å². The second-order valence-electron chi connectivity index (χ2n) is 6.08. The molecule has 0 unspecified atom stereocenters. The van der Waals surface area contributed by atoms with Crippen molar-refractivity contribution in [2.75, 3.05) is 11.1 Å². The maximum atomic E-state index is 13.0. The predicted molar refractivity (Wildman–Crippen MR) is 110 cm³/mol. The Morgan fingerprint density at radius 1 is 1.12 bits per heavy atom. The van der Waals surface area contributed by atoms with Crippen molar-refractivity contribution in [3.8, 4) is 0 Å². The maximum Gasteiger partial charge on any atom is 0.255 e. The van der Waals surface area contributed by atoms with Crippen molar-refractivity contribution >= 4 is 28.5 Å². The molecule has 2 aromatic carbocycles. The van der Waals surface area contributed by atoms with Crippen molar-refractivity contribution in [1.82, 2.24) is 5.32 Å². The summed E-state index contributed by atoms with van der Waals surface area (Å²) in [5.74, 6) is 0.866. The summed E-state index contributed by atoms with van der Waals surface area (Å²) in [5.41, 5.74) is 3.29. The van der Waals surface area contributed by atoms with E-state index in [4.69, 9.17) is 4.99 Å². The number of nitrogens with one attached hydrogen (secondary N) is 2. The summed E-state index contributed by atoms with van der Waals surface area (Å²) in [7, 11) is 0. The Morgan fingerprint density at radius 2 is 1.77 bits per heavy atom. The lowest BCUT2D eigenvalue weighted by Crippen LogP contribution is -2.32. The average molecular weight is 366 g/mol. The number of carbonyl (C=O) groups is 1. The van der Waals surface area contributed by atoms with Crippen molar-refractivity contribution in [3.63, 3.8) is 0 Å². The smallest absolute Gasteiger partial charge is 0.255 e. The molecule has 5 heteroatoms. The summed E-state index contributed by atoms with van der Waals surface area (Å²) in [5, 5.41) is 7.16. The number of thioether (sulfide) groups is 1. The molecular weight excluding hydrogens is 342 g/mol. The van der Waals surface area contributed by atoms with Crippen LogP contribution >= 0.6 is 11.8 Å². The average Bonchev–Trinajstić information content (AvgIpc) is 2.67. The molecule has 0 aliphatic carbocycles. The third kappa shape index (κ3) is 4.35. The molecule has 2 N–H and O–H groups in total. The Kier molecular flexibility index (Phi) is 6.12. The number of para-hydroxylation sites is 1. The topological polar surface area (TPSA) is 53.5 Å². The van der Waals surface area contributed by atoms with Crippen molar-refractivity contribution in [3.05, 3.63) is 77.5 Å². The summed E-state index contributed by atoms with van der Waals surface area (Å²) in [6.07, 6.45) is 1.07. The van der Waals surface area contributed by atoms with Crippen LogP contribution in [0.4, 0.5) is 5.69 Å². The molecule has 0 fully saturated rings. The molecule has 1 aliphatic rings. The summed E-state index contributed by atoms with van der Waals surface area (Å²) in [4.78, 5) is 17.8. The van der Waals surface area contributed by atoms with E-state index in [-0.39, 0.29) is 11.9 Å². The van der Waals surface area contributed by atoms with Gasteiger partial charge in [0.1, 0.15) is 6.04 Å². The fourth-order valence-electron chi connectivity index (χ4n) is 2.81. The minimum Gasteiger partial charge on any atom is -0.338 e. The highest BCUT2D eigenvalue weighted by Crippen LogP contribution is 2.32. The first-order valence-corrected chi connectivity index (χ1v) is 9.77. The van der Waals surface area contributed by atoms with E-state index in [2.05, 4.69) is 17.6 Å². The van der Waals surface area contributed by atoms with Gasteiger partial charge in [0.2, 0.25) is 0 Å². The minimum absolute atomic E-state index is 0.127. The summed E-state index contributed by atoms with van der Waals surface area (Å²) in [6.45, 7) is 4.09. The molecule has 2 aromatic rings. The maximum absolute atomic E-state index is 13.0. The zero-order valence-electron chi connectivity index (χ0n) is 15.0. The fourth-order valence-corrected chi connectivity index (χ4v) is 3.61. The van der Waals surface area contributed by atoms with E-state index in [1.165, 1.54) is 0 Å². The number of hydrogen-bond donors (Lipinski definition) is 2. The fraction of sp³-hybridized carbons (Fsp3) is 0.238. The van der Waals surface area contributed by atoms with Gasteiger partial charge in [-0.15, -0.1) is 0 Å². The van der Waals surface area contributed by atoms with Gasteiger partial charge < -0.3 is 10.6 Å². The molecule has 134 valence electrons. The largest absolute Gasteiger partial charge is 0.338 e. The molecule has 4 nitrogen and oxygen atoms in total. The molecule has 0 spiro atoms. The molecule has 0 saturated carbocycles. The zero-order valence-corrected chi connectivity index (χ0v) is 15.8. The van der Waals surface area contributed by atoms with Crippen LogP contribution in [0.3, 0.4) is 0 Å². The van der Waals surface area contributed by atoms with Crippen LogP contribution in [0.1, 0.15) is 31.9 Å². The Bertz CT molecular complexity index is 816. The molecule has 1 atom stereocenters. The van der Waals surface area contributed by atoms with Crippen LogP contribution in [0, 0.1) is 0 Å². The van der Waals surface area contributed by atoms with Crippen molar-refractivity contribution in [2.45, 2.75) is 26.3 Å². The van der Waals surface area contributed by atoms with Crippen LogP contribution in [0.15, 0.2) is 76.9 Å². The zero-order chi connectivity index (χ0) is 18.4. The van der Waals surface area contributed by atoms with Crippen LogP contribution < -0.4 is 10.6 Å². The number of benzene rings is 2. The molecule has 26 heavy (non-hydrogen) atoms. The van der Waals surface area contributed by atoms with Crippen LogP contribution in [0.25, 0.3) is 0 Å². The molecule has 0 saturated heterocycles. The number of nitrogens with zero attached hydrogens (tertiary/aromatic N) is 1. The highest BCUT2D eigenvalue weighted by Gasteiger charge is 2.29. The molecule has 1 aliphatic heterocycles. The first-order valence-electron chi connectivity index (χ1n) is 8.78. The first kappa shape index (κ1) is 18.3. The quantitative estimate of drug-likeness (QED) is 0.804.